The topological polar surface area (TPSA) is 162 Å². The Hall–Kier alpha value is -3.47. The zero-order chi connectivity index (χ0) is 24.6. The Kier molecular flexibility index (Phi) is 8.92. The van der Waals surface area contributed by atoms with Crippen molar-refractivity contribution in [2.24, 2.45) is 16.5 Å². The maximum absolute atomic E-state index is 12.8. The molecule has 1 aromatic heterocycles. The van der Waals surface area contributed by atoms with Crippen LogP contribution in [0.5, 0.6) is 0 Å². The van der Waals surface area contributed by atoms with Crippen LogP contribution in [0.15, 0.2) is 35.3 Å². The molecule has 0 aliphatic rings. The number of guanidine groups is 1. The van der Waals surface area contributed by atoms with Gasteiger partial charge in [-0.2, -0.15) is 4.99 Å². The fraction of sp³-hybridized carbons (Fsp3) is 0.409. The Bertz CT molecular complexity index is 1010. The fourth-order valence-electron chi connectivity index (χ4n) is 2.94. The monoisotopic (exact) mass is 474 g/mol. The van der Waals surface area contributed by atoms with Gasteiger partial charge in [0.15, 0.2) is 5.96 Å². The fourth-order valence-corrected chi connectivity index (χ4v) is 4.02. The average molecular weight is 475 g/mol. The van der Waals surface area contributed by atoms with Crippen molar-refractivity contribution in [2.75, 3.05) is 13.2 Å². The zero-order valence-electron chi connectivity index (χ0n) is 19.2. The van der Waals surface area contributed by atoms with Gasteiger partial charge in [0.05, 0.1) is 31.3 Å². The van der Waals surface area contributed by atoms with E-state index in [1.165, 1.54) is 0 Å². The Morgan fingerprint density at radius 3 is 2.42 bits per heavy atom. The molecule has 0 bridgehead atoms. The van der Waals surface area contributed by atoms with E-state index < -0.39 is 29.2 Å². The van der Waals surface area contributed by atoms with Crippen LogP contribution in [0.1, 0.15) is 61.1 Å². The number of ether oxygens (including phenoxy) is 1. The number of amides is 2. The summed E-state index contributed by atoms with van der Waals surface area (Å²) in [6.07, 6.45) is -0.0254. The van der Waals surface area contributed by atoms with Crippen molar-refractivity contribution in [3.05, 3.63) is 46.5 Å². The van der Waals surface area contributed by atoms with Gasteiger partial charge in [0.2, 0.25) is 11.0 Å². The highest BCUT2D eigenvalue weighted by molar-refractivity contribution is 7.17. The van der Waals surface area contributed by atoms with Crippen molar-refractivity contribution in [2.45, 2.75) is 45.6 Å². The smallest absolute Gasteiger partial charge is 0.308 e. The van der Waals surface area contributed by atoms with Crippen LogP contribution in [0.3, 0.4) is 0 Å². The first-order valence-electron chi connectivity index (χ1n) is 10.4. The molecule has 11 heteroatoms. The third-order valence-electron chi connectivity index (χ3n) is 4.38. The van der Waals surface area contributed by atoms with Crippen molar-refractivity contribution in [1.82, 2.24) is 15.6 Å². The molecule has 1 heterocycles. The lowest BCUT2D eigenvalue weighted by molar-refractivity contribution is -0.143. The standard InChI is InChI=1S/C22H30N6O4S/c1-5-32-16(30)11-14(13-9-7-6-8-10-13)26-15(29)12-25-19(31)17-18(22(2,3)4)27-21(33-17)28-20(23)24/h6-10,14H,5,11-12H2,1-4H3,(H,25,31)(H,26,29)(H4,23,24,27,28). The number of rotatable bonds is 9. The van der Waals surface area contributed by atoms with Gasteiger partial charge in [-0.15, -0.1) is 0 Å². The maximum Gasteiger partial charge on any atom is 0.308 e. The van der Waals surface area contributed by atoms with E-state index in [0.717, 1.165) is 16.9 Å². The molecule has 0 saturated carbocycles. The number of hydrogen-bond acceptors (Lipinski definition) is 7. The van der Waals surface area contributed by atoms with E-state index in [4.69, 9.17) is 16.2 Å². The number of esters is 1. The number of nitrogens with zero attached hydrogens (tertiary/aromatic N) is 2. The first-order valence-corrected chi connectivity index (χ1v) is 11.2. The van der Waals surface area contributed by atoms with Crippen LogP contribution in [0.2, 0.25) is 0 Å². The van der Waals surface area contributed by atoms with Gasteiger partial charge < -0.3 is 26.8 Å². The number of aromatic nitrogens is 1. The molecule has 6 N–H and O–H groups in total. The SMILES string of the molecule is CCOC(=O)CC(NC(=O)CNC(=O)c1sc(N=C(N)N)nc1C(C)(C)C)c1ccccc1. The van der Waals surface area contributed by atoms with Crippen LogP contribution >= 0.6 is 11.3 Å². The number of aliphatic imine (C=N–C) groups is 1. The van der Waals surface area contributed by atoms with E-state index in [1.54, 1.807) is 19.1 Å². The number of hydrogen-bond donors (Lipinski definition) is 4. The third kappa shape index (κ3) is 7.86. The van der Waals surface area contributed by atoms with Crippen LogP contribution in [0.25, 0.3) is 0 Å². The first kappa shape index (κ1) is 25.8. The summed E-state index contributed by atoms with van der Waals surface area (Å²) in [5.41, 5.74) is 11.7. The summed E-state index contributed by atoms with van der Waals surface area (Å²) in [6, 6.07) is 8.49. The Labute approximate surface area is 196 Å². The summed E-state index contributed by atoms with van der Waals surface area (Å²) in [4.78, 5) is 46.0. The molecule has 0 aliphatic heterocycles. The number of benzene rings is 1. The number of carbonyl (C=O) groups excluding carboxylic acids is 3. The molecule has 10 nitrogen and oxygen atoms in total. The van der Waals surface area contributed by atoms with Gasteiger partial charge in [0, 0.05) is 5.41 Å². The lowest BCUT2D eigenvalue weighted by Gasteiger charge is -2.19. The summed E-state index contributed by atoms with van der Waals surface area (Å²) in [5.74, 6) is -1.51. The van der Waals surface area contributed by atoms with Gasteiger partial charge in [-0.1, -0.05) is 62.4 Å². The van der Waals surface area contributed by atoms with Gasteiger partial charge in [-0.3, -0.25) is 14.4 Å². The summed E-state index contributed by atoms with van der Waals surface area (Å²) in [7, 11) is 0. The maximum atomic E-state index is 12.8. The number of nitrogens with two attached hydrogens (primary N) is 2. The molecule has 33 heavy (non-hydrogen) atoms. The van der Waals surface area contributed by atoms with E-state index in [0.29, 0.717) is 10.6 Å². The van der Waals surface area contributed by atoms with E-state index in [1.807, 2.05) is 39.0 Å². The molecule has 0 fully saturated rings. The van der Waals surface area contributed by atoms with Crippen LogP contribution in [-0.4, -0.2) is 41.9 Å². The summed E-state index contributed by atoms with van der Waals surface area (Å²) in [5, 5.41) is 5.65. The van der Waals surface area contributed by atoms with E-state index in [-0.39, 0.29) is 30.7 Å². The third-order valence-corrected chi connectivity index (χ3v) is 5.33. The van der Waals surface area contributed by atoms with E-state index in [2.05, 4.69) is 20.6 Å². The Morgan fingerprint density at radius 1 is 1.18 bits per heavy atom. The molecule has 0 aliphatic carbocycles. The lowest BCUT2D eigenvalue weighted by atomic mass is 9.91. The van der Waals surface area contributed by atoms with Crippen molar-refractivity contribution in [3.63, 3.8) is 0 Å². The lowest BCUT2D eigenvalue weighted by Crippen LogP contribution is -2.39. The predicted octanol–water partition coefficient (Wildman–Crippen LogP) is 1.89. The summed E-state index contributed by atoms with van der Waals surface area (Å²) in [6.45, 7) is 7.40. The molecule has 2 rings (SSSR count). The number of thiazole rings is 1. The molecule has 0 radical (unpaired) electrons. The Balaban J connectivity index is 2.11. The highest BCUT2D eigenvalue weighted by Gasteiger charge is 2.28. The van der Waals surface area contributed by atoms with Gasteiger partial charge in [-0.05, 0) is 12.5 Å². The Morgan fingerprint density at radius 2 is 1.85 bits per heavy atom. The van der Waals surface area contributed by atoms with Crippen molar-refractivity contribution in [3.8, 4) is 0 Å². The quantitative estimate of drug-likeness (QED) is 0.245. The van der Waals surface area contributed by atoms with Crippen LogP contribution < -0.4 is 22.1 Å². The van der Waals surface area contributed by atoms with Gasteiger partial charge in [-0.25, -0.2) is 4.98 Å². The predicted molar refractivity (Wildman–Crippen MR) is 127 cm³/mol. The number of nitrogens with one attached hydrogen (secondary N) is 2. The zero-order valence-corrected chi connectivity index (χ0v) is 20.0. The minimum absolute atomic E-state index is 0.0254. The second-order valence-electron chi connectivity index (χ2n) is 8.18. The summed E-state index contributed by atoms with van der Waals surface area (Å²) >= 11 is 1.04. The molecule has 2 aromatic rings. The van der Waals surface area contributed by atoms with E-state index in [9.17, 15) is 14.4 Å². The summed E-state index contributed by atoms with van der Waals surface area (Å²) < 4.78 is 5.01. The van der Waals surface area contributed by atoms with Gasteiger partial charge in [0.1, 0.15) is 4.88 Å². The molecule has 1 aromatic carbocycles. The minimum Gasteiger partial charge on any atom is -0.466 e. The number of carbonyl (C=O) groups is 3. The molecule has 2 amide bonds. The molecule has 0 spiro atoms. The molecular weight excluding hydrogens is 444 g/mol. The molecule has 178 valence electrons. The second kappa shape index (κ2) is 11.4. The largest absolute Gasteiger partial charge is 0.466 e. The second-order valence-corrected chi connectivity index (χ2v) is 9.16. The normalized spacial score (nSPS) is 11.9. The van der Waals surface area contributed by atoms with Crippen LogP contribution in [0.4, 0.5) is 5.13 Å². The van der Waals surface area contributed by atoms with Crippen molar-refractivity contribution in [1.29, 1.82) is 0 Å². The molecular formula is C22H30N6O4S. The molecule has 1 atom stereocenters. The van der Waals surface area contributed by atoms with Crippen LogP contribution in [0, 0.1) is 0 Å². The van der Waals surface area contributed by atoms with Crippen molar-refractivity contribution < 1.29 is 19.1 Å². The first-order chi connectivity index (χ1) is 15.5. The van der Waals surface area contributed by atoms with Gasteiger partial charge in [0.25, 0.3) is 5.91 Å². The highest BCUT2D eigenvalue weighted by Crippen LogP contribution is 2.33. The van der Waals surface area contributed by atoms with Gasteiger partial charge >= 0.3 is 5.97 Å². The van der Waals surface area contributed by atoms with Crippen molar-refractivity contribution >= 4 is 40.2 Å². The van der Waals surface area contributed by atoms with Crippen LogP contribution in [-0.2, 0) is 19.7 Å². The molecule has 1 unspecified atom stereocenters. The average Bonchev–Trinajstić information content (AvgIpc) is 3.16. The molecule has 0 saturated heterocycles. The highest BCUT2D eigenvalue weighted by atomic mass is 32.1. The van der Waals surface area contributed by atoms with E-state index >= 15 is 0 Å². The minimum atomic E-state index is -0.586.